The number of nitrogens with one attached hydrogen (secondary N) is 1. The second-order valence-electron chi connectivity index (χ2n) is 1.91. The Morgan fingerprint density at radius 1 is 1.73 bits per heavy atom. The molecule has 0 heterocycles. The fourth-order valence-electron chi connectivity index (χ4n) is 0.118. The van der Waals surface area contributed by atoms with E-state index in [0.717, 1.165) is 0 Å². The smallest absolute Gasteiger partial charge is 0.303 e. The number of carboxylic acid groups (broad SMARTS) is 1. The van der Waals surface area contributed by atoms with Crippen molar-refractivity contribution in [1.82, 2.24) is 5.32 Å². The van der Waals surface area contributed by atoms with E-state index in [2.05, 4.69) is 5.32 Å². The summed E-state index contributed by atoms with van der Waals surface area (Å²) in [4.78, 5) is 9.37. The zero-order valence-electron chi connectivity index (χ0n) is 7.55. The second-order valence-corrected chi connectivity index (χ2v) is 1.91. The molecule has 0 rings (SSSR count). The zero-order valence-corrected chi connectivity index (χ0v) is 7.55. The van der Waals surface area contributed by atoms with Crippen LogP contribution in [0.1, 0.15) is 20.3 Å². The van der Waals surface area contributed by atoms with Crippen molar-refractivity contribution in [2.45, 2.75) is 26.5 Å². The number of rotatable bonds is 3. The van der Waals surface area contributed by atoms with Crippen LogP contribution in [0.15, 0.2) is 0 Å². The molecule has 4 heteroatoms. The van der Waals surface area contributed by atoms with Crippen LogP contribution in [0.2, 0.25) is 0 Å². The van der Waals surface area contributed by atoms with Crippen LogP contribution in [0.4, 0.5) is 0 Å². The van der Waals surface area contributed by atoms with E-state index in [-0.39, 0.29) is 12.6 Å². The number of carbonyl (C=O) groups is 1. The summed E-state index contributed by atoms with van der Waals surface area (Å²) in [7, 11) is 3.52. The second kappa shape index (κ2) is 9.39. The van der Waals surface area contributed by atoms with Crippen molar-refractivity contribution in [2.24, 2.45) is 0 Å². The summed E-state index contributed by atoms with van der Waals surface area (Å²) in [6.45, 7) is 3.54. The van der Waals surface area contributed by atoms with Crippen LogP contribution in [0.3, 0.4) is 0 Å². The Balaban J connectivity index is 0. The number of carboxylic acids is 1. The van der Waals surface area contributed by atoms with Gasteiger partial charge in [-0.3, -0.25) is 10.1 Å². The summed E-state index contributed by atoms with van der Waals surface area (Å²) in [6.07, 6.45) is 0.407. The van der Waals surface area contributed by atoms with Crippen LogP contribution < -0.4 is 5.32 Å². The maximum absolute atomic E-state index is 9.37. The maximum atomic E-state index is 9.37. The van der Waals surface area contributed by atoms with Gasteiger partial charge in [-0.15, -0.1) is 0 Å². The first-order valence-electron chi connectivity index (χ1n) is 3.50. The minimum Gasteiger partial charge on any atom is -0.481 e. The molecule has 0 aliphatic carbocycles. The molecule has 2 N–H and O–H groups in total. The third kappa shape index (κ3) is 17.7. The van der Waals surface area contributed by atoms with Gasteiger partial charge in [0.15, 0.2) is 0 Å². The molecule has 0 radical (unpaired) electrons. The number of aliphatic carboxylic acids is 1. The van der Waals surface area contributed by atoms with E-state index in [1.54, 1.807) is 14.0 Å². The van der Waals surface area contributed by atoms with Crippen molar-refractivity contribution >= 4 is 5.97 Å². The van der Waals surface area contributed by atoms with Gasteiger partial charge in [-0.2, -0.15) is 0 Å². The predicted octanol–water partition coefficient (Wildman–Crippen LogP) is 0.679. The first-order chi connectivity index (χ1) is 5.08. The van der Waals surface area contributed by atoms with E-state index in [1.165, 1.54) is 0 Å². The number of ether oxygens (including phenoxy) is 1. The summed E-state index contributed by atoms with van der Waals surface area (Å²) < 4.78 is 4.79. The lowest BCUT2D eigenvalue weighted by Gasteiger charge is -2.04. The topological polar surface area (TPSA) is 58.6 Å². The summed E-state index contributed by atoms with van der Waals surface area (Å²) in [6, 6.07) is 0. The molecule has 0 aliphatic heterocycles. The molecule has 0 aromatic carbocycles. The van der Waals surface area contributed by atoms with Crippen LogP contribution in [0.25, 0.3) is 0 Å². The quantitative estimate of drug-likeness (QED) is 0.601. The summed E-state index contributed by atoms with van der Waals surface area (Å²) in [5.74, 6) is -0.745. The fraction of sp³-hybridized carbons (Fsp3) is 0.857. The maximum Gasteiger partial charge on any atom is 0.303 e. The van der Waals surface area contributed by atoms with Crippen molar-refractivity contribution in [2.75, 3.05) is 14.2 Å². The molecule has 0 spiro atoms. The van der Waals surface area contributed by atoms with Gasteiger partial charge >= 0.3 is 5.97 Å². The van der Waals surface area contributed by atoms with Crippen molar-refractivity contribution < 1.29 is 14.6 Å². The highest BCUT2D eigenvalue weighted by Crippen LogP contribution is 1.73. The van der Waals surface area contributed by atoms with E-state index in [9.17, 15) is 4.79 Å². The molecule has 11 heavy (non-hydrogen) atoms. The number of hydrogen-bond acceptors (Lipinski definition) is 3. The van der Waals surface area contributed by atoms with Crippen molar-refractivity contribution in [3.63, 3.8) is 0 Å². The van der Waals surface area contributed by atoms with Gasteiger partial charge in [0.05, 0.1) is 0 Å². The molecule has 0 saturated heterocycles. The van der Waals surface area contributed by atoms with Gasteiger partial charge in [-0.25, -0.2) is 0 Å². The van der Waals surface area contributed by atoms with Crippen LogP contribution in [-0.4, -0.2) is 31.5 Å². The molecule has 0 aromatic rings. The highest BCUT2D eigenvalue weighted by Gasteiger charge is 1.86. The first kappa shape index (κ1) is 13.0. The third-order valence-electron chi connectivity index (χ3n) is 1.06. The average molecular weight is 163 g/mol. The van der Waals surface area contributed by atoms with Gasteiger partial charge in [-0.05, 0) is 14.0 Å². The van der Waals surface area contributed by atoms with Gasteiger partial charge < -0.3 is 9.84 Å². The van der Waals surface area contributed by atoms with Crippen LogP contribution in [0.5, 0.6) is 0 Å². The van der Waals surface area contributed by atoms with Gasteiger partial charge in [0.25, 0.3) is 0 Å². The molecule has 0 bridgehead atoms. The standard InChI is InChI=1S/C4H11NO.C3H6O2/c1-4(5-2)6-3;1-2-3(4)5/h4-5H,1-3H3;2H2,1H3,(H,4,5). The Morgan fingerprint density at radius 3 is 2.09 bits per heavy atom. The Bertz CT molecular complexity index is 91.7. The summed E-state index contributed by atoms with van der Waals surface area (Å²) >= 11 is 0. The lowest BCUT2D eigenvalue weighted by Crippen LogP contribution is -2.22. The lowest BCUT2D eigenvalue weighted by molar-refractivity contribution is -0.136. The molecule has 0 fully saturated rings. The normalized spacial score (nSPS) is 11.3. The van der Waals surface area contributed by atoms with Gasteiger partial charge in [0.1, 0.15) is 6.23 Å². The average Bonchev–Trinajstić information content (AvgIpc) is 2.04. The monoisotopic (exact) mass is 163 g/mol. The molecule has 1 unspecified atom stereocenters. The zero-order chi connectivity index (χ0) is 9.28. The Morgan fingerprint density at radius 2 is 2.09 bits per heavy atom. The molecule has 1 atom stereocenters. The van der Waals surface area contributed by atoms with Gasteiger partial charge in [0, 0.05) is 13.5 Å². The van der Waals surface area contributed by atoms with E-state index in [4.69, 9.17) is 9.84 Å². The molecular weight excluding hydrogens is 146 g/mol. The van der Waals surface area contributed by atoms with E-state index in [1.807, 2.05) is 14.0 Å². The van der Waals surface area contributed by atoms with Gasteiger partial charge in [0.2, 0.25) is 0 Å². The minimum atomic E-state index is -0.745. The third-order valence-corrected chi connectivity index (χ3v) is 1.06. The number of hydrogen-bond donors (Lipinski definition) is 2. The van der Waals surface area contributed by atoms with Crippen molar-refractivity contribution in [3.8, 4) is 0 Å². The minimum absolute atomic E-state index is 0.185. The van der Waals surface area contributed by atoms with E-state index < -0.39 is 5.97 Å². The molecular formula is C7H17NO3. The van der Waals surface area contributed by atoms with Crippen LogP contribution in [0, 0.1) is 0 Å². The van der Waals surface area contributed by atoms with Gasteiger partial charge in [-0.1, -0.05) is 6.92 Å². The Kier molecular flexibility index (Phi) is 11.1. The molecule has 0 amide bonds. The largest absolute Gasteiger partial charge is 0.481 e. The highest BCUT2D eigenvalue weighted by atomic mass is 16.5. The van der Waals surface area contributed by atoms with E-state index >= 15 is 0 Å². The molecule has 68 valence electrons. The van der Waals surface area contributed by atoms with Crippen molar-refractivity contribution in [3.05, 3.63) is 0 Å². The first-order valence-corrected chi connectivity index (χ1v) is 3.50. The van der Waals surface area contributed by atoms with Crippen LogP contribution in [-0.2, 0) is 9.53 Å². The SMILES string of the molecule is CCC(=O)O.CNC(C)OC. The molecule has 0 aromatic heterocycles. The summed E-state index contributed by atoms with van der Waals surface area (Å²) in [5, 5.41) is 10.6. The lowest BCUT2D eigenvalue weighted by atomic mass is 10.5. The summed E-state index contributed by atoms with van der Waals surface area (Å²) in [5.41, 5.74) is 0. The predicted molar refractivity (Wildman–Crippen MR) is 43.5 cm³/mol. The van der Waals surface area contributed by atoms with E-state index in [0.29, 0.717) is 0 Å². The Labute approximate surface area is 67.6 Å². The fourth-order valence-corrected chi connectivity index (χ4v) is 0.118. The van der Waals surface area contributed by atoms with Crippen molar-refractivity contribution in [1.29, 1.82) is 0 Å². The Hall–Kier alpha value is -0.610. The molecule has 0 saturated carbocycles. The molecule has 4 nitrogen and oxygen atoms in total. The van der Waals surface area contributed by atoms with Crippen LogP contribution >= 0.6 is 0 Å². The number of methoxy groups -OCH3 is 1. The molecule has 0 aliphatic rings. The highest BCUT2D eigenvalue weighted by molar-refractivity contribution is 5.66.